The maximum atomic E-state index is 5.81. The minimum atomic E-state index is 0.572. The molecule has 0 spiro atoms. The maximum absolute atomic E-state index is 5.81. The van der Waals surface area contributed by atoms with Crippen molar-refractivity contribution in [2.75, 3.05) is 16.8 Å². The van der Waals surface area contributed by atoms with Gasteiger partial charge in [0.25, 0.3) is 0 Å². The summed E-state index contributed by atoms with van der Waals surface area (Å²) in [5.74, 6) is 1.19. The van der Waals surface area contributed by atoms with Crippen molar-refractivity contribution in [3.63, 3.8) is 0 Å². The number of hydrogen-bond acceptors (Lipinski definition) is 5. The molecule has 2 unspecified atom stereocenters. The van der Waals surface area contributed by atoms with Crippen LogP contribution in [0.5, 0.6) is 0 Å². The van der Waals surface area contributed by atoms with E-state index < -0.39 is 0 Å². The highest BCUT2D eigenvalue weighted by Gasteiger charge is 2.27. The Morgan fingerprint density at radius 3 is 3.21 bits per heavy atom. The number of hydrogen-bond donors (Lipinski definition) is 2. The van der Waals surface area contributed by atoms with Crippen LogP contribution in [0.25, 0.3) is 10.2 Å². The molecule has 3 N–H and O–H groups in total. The minimum Gasteiger partial charge on any atom is -0.399 e. The van der Waals surface area contributed by atoms with Crippen molar-refractivity contribution in [1.82, 2.24) is 4.98 Å². The Balaban J connectivity index is 1.77. The molecule has 0 aliphatic heterocycles. The molecule has 1 aromatic carbocycles. The smallest absolute Gasteiger partial charge is 0.184 e. The summed E-state index contributed by atoms with van der Waals surface area (Å²) in [4.78, 5) is 4.65. The molecule has 1 fully saturated rings. The molecule has 2 atom stereocenters. The van der Waals surface area contributed by atoms with Gasteiger partial charge in [-0.1, -0.05) is 24.7 Å². The number of thioether (sulfide) groups is 1. The predicted molar refractivity (Wildman–Crippen MR) is 87.2 cm³/mol. The first-order chi connectivity index (χ1) is 9.26. The van der Waals surface area contributed by atoms with Gasteiger partial charge < -0.3 is 11.1 Å². The zero-order valence-electron chi connectivity index (χ0n) is 11.1. The molecule has 1 aromatic heterocycles. The first kappa shape index (κ1) is 13.1. The fourth-order valence-electron chi connectivity index (χ4n) is 2.67. The number of nitrogens with two attached hydrogens (primary N) is 1. The van der Waals surface area contributed by atoms with Crippen LogP contribution in [0, 0.1) is 0 Å². The summed E-state index contributed by atoms with van der Waals surface area (Å²) in [5, 5.41) is 5.40. The van der Waals surface area contributed by atoms with Crippen LogP contribution in [0.2, 0.25) is 0 Å². The lowest BCUT2D eigenvalue weighted by atomic mass is 10.2. The van der Waals surface area contributed by atoms with Crippen molar-refractivity contribution in [3.05, 3.63) is 18.2 Å². The molecule has 19 heavy (non-hydrogen) atoms. The number of nitrogens with one attached hydrogen (secondary N) is 1. The zero-order chi connectivity index (χ0) is 13.2. The van der Waals surface area contributed by atoms with Gasteiger partial charge in [-0.3, -0.25) is 0 Å². The topological polar surface area (TPSA) is 50.9 Å². The molecular formula is C14H19N3S2. The largest absolute Gasteiger partial charge is 0.399 e. The minimum absolute atomic E-state index is 0.572. The van der Waals surface area contributed by atoms with Gasteiger partial charge in [0.15, 0.2) is 5.13 Å². The molecule has 1 aliphatic rings. The first-order valence-electron chi connectivity index (χ1n) is 6.80. The second-order valence-corrected chi connectivity index (χ2v) is 7.47. The Morgan fingerprint density at radius 1 is 1.47 bits per heavy atom. The third-order valence-corrected chi connectivity index (χ3v) is 5.83. The molecule has 0 radical (unpaired) electrons. The average Bonchev–Trinajstić information content (AvgIpc) is 2.97. The van der Waals surface area contributed by atoms with Crippen LogP contribution >= 0.6 is 23.1 Å². The van der Waals surface area contributed by atoms with Crippen molar-refractivity contribution < 1.29 is 0 Å². The summed E-state index contributed by atoms with van der Waals surface area (Å²) in [6.45, 7) is 2.24. The lowest BCUT2D eigenvalue weighted by Gasteiger charge is -2.19. The van der Waals surface area contributed by atoms with Gasteiger partial charge >= 0.3 is 0 Å². The van der Waals surface area contributed by atoms with E-state index in [0.29, 0.717) is 6.04 Å². The molecule has 0 saturated heterocycles. The normalized spacial score (nSPS) is 23.0. The Labute approximate surface area is 122 Å². The standard InChI is InChI=1S/C14H19N3S2/c1-2-18-12-5-3-4-10(12)16-14-17-11-7-6-9(15)8-13(11)19-14/h6-8,10,12H,2-5,15H2,1H3,(H,16,17). The van der Waals surface area contributed by atoms with Crippen LogP contribution in [0.4, 0.5) is 10.8 Å². The van der Waals surface area contributed by atoms with Gasteiger partial charge in [-0.15, -0.1) is 0 Å². The zero-order valence-corrected chi connectivity index (χ0v) is 12.7. The van der Waals surface area contributed by atoms with Crippen LogP contribution in [0.3, 0.4) is 0 Å². The number of fused-ring (bicyclic) bond motifs is 1. The molecular weight excluding hydrogens is 274 g/mol. The van der Waals surface area contributed by atoms with Gasteiger partial charge in [0.05, 0.1) is 10.2 Å². The molecule has 0 bridgehead atoms. The van der Waals surface area contributed by atoms with E-state index in [2.05, 4.69) is 29.0 Å². The van der Waals surface area contributed by atoms with E-state index in [-0.39, 0.29) is 0 Å². The number of anilines is 2. The Bertz CT molecular complexity index is 567. The second-order valence-electron chi connectivity index (χ2n) is 4.92. The molecule has 1 saturated carbocycles. The summed E-state index contributed by atoms with van der Waals surface area (Å²) in [6, 6.07) is 6.49. The van der Waals surface area contributed by atoms with Crippen molar-refractivity contribution in [1.29, 1.82) is 0 Å². The van der Waals surface area contributed by atoms with E-state index in [1.54, 1.807) is 11.3 Å². The fourth-order valence-corrected chi connectivity index (χ4v) is 4.84. The average molecular weight is 293 g/mol. The number of nitrogens with zero attached hydrogens (tertiary/aromatic N) is 1. The lowest BCUT2D eigenvalue weighted by Crippen LogP contribution is -2.26. The van der Waals surface area contributed by atoms with Crippen molar-refractivity contribution in [2.45, 2.75) is 37.5 Å². The number of rotatable bonds is 4. The third-order valence-electron chi connectivity index (χ3n) is 3.55. The molecule has 2 aromatic rings. The van der Waals surface area contributed by atoms with Crippen LogP contribution in [-0.4, -0.2) is 22.0 Å². The highest BCUT2D eigenvalue weighted by atomic mass is 32.2. The van der Waals surface area contributed by atoms with E-state index in [4.69, 9.17) is 5.73 Å². The number of nitrogen functional groups attached to an aromatic ring is 1. The van der Waals surface area contributed by atoms with Crippen LogP contribution in [0.15, 0.2) is 18.2 Å². The summed E-state index contributed by atoms with van der Waals surface area (Å²) in [5.41, 5.74) is 7.66. The van der Waals surface area contributed by atoms with E-state index in [0.717, 1.165) is 21.6 Å². The van der Waals surface area contributed by atoms with E-state index in [9.17, 15) is 0 Å². The summed E-state index contributed by atoms with van der Waals surface area (Å²) in [7, 11) is 0. The van der Waals surface area contributed by atoms with Gasteiger partial charge in [-0.05, 0) is 36.8 Å². The lowest BCUT2D eigenvalue weighted by molar-refractivity contribution is 0.767. The van der Waals surface area contributed by atoms with Gasteiger partial charge in [0.2, 0.25) is 0 Å². The van der Waals surface area contributed by atoms with E-state index in [1.165, 1.54) is 29.7 Å². The molecule has 0 amide bonds. The summed E-state index contributed by atoms with van der Waals surface area (Å²) < 4.78 is 1.17. The van der Waals surface area contributed by atoms with E-state index in [1.807, 2.05) is 18.2 Å². The van der Waals surface area contributed by atoms with Crippen LogP contribution < -0.4 is 11.1 Å². The van der Waals surface area contributed by atoms with Crippen molar-refractivity contribution in [3.8, 4) is 0 Å². The summed E-state index contributed by atoms with van der Waals surface area (Å²) >= 11 is 3.78. The second kappa shape index (κ2) is 5.59. The quantitative estimate of drug-likeness (QED) is 0.838. The predicted octanol–water partition coefficient (Wildman–Crippen LogP) is 3.96. The van der Waals surface area contributed by atoms with Gasteiger partial charge in [-0.25, -0.2) is 4.98 Å². The van der Waals surface area contributed by atoms with Crippen LogP contribution in [0.1, 0.15) is 26.2 Å². The van der Waals surface area contributed by atoms with E-state index >= 15 is 0 Å². The molecule has 1 heterocycles. The molecule has 5 heteroatoms. The number of benzene rings is 1. The SMILES string of the molecule is CCSC1CCCC1Nc1nc2ccc(N)cc2s1. The van der Waals surface area contributed by atoms with Gasteiger partial charge in [0, 0.05) is 17.0 Å². The maximum Gasteiger partial charge on any atom is 0.184 e. The van der Waals surface area contributed by atoms with Crippen molar-refractivity contribution >= 4 is 44.1 Å². The molecule has 1 aliphatic carbocycles. The Morgan fingerprint density at radius 2 is 2.37 bits per heavy atom. The third kappa shape index (κ3) is 2.82. The Kier molecular flexibility index (Phi) is 3.84. The highest BCUT2D eigenvalue weighted by Crippen LogP contribution is 2.34. The van der Waals surface area contributed by atoms with Crippen LogP contribution in [-0.2, 0) is 0 Å². The number of thiazole rings is 1. The highest BCUT2D eigenvalue weighted by molar-refractivity contribution is 7.99. The molecule has 3 rings (SSSR count). The fraction of sp³-hybridized carbons (Fsp3) is 0.500. The molecule has 102 valence electrons. The molecule has 3 nitrogen and oxygen atoms in total. The number of aromatic nitrogens is 1. The Hall–Kier alpha value is -0.940. The monoisotopic (exact) mass is 293 g/mol. The van der Waals surface area contributed by atoms with Crippen molar-refractivity contribution in [2.24, 2.45) is 0 Å². The van der Waals surface area contributed by atoms with Gasteiger partial charge in [0.1, 0.15) is 0 Å². The summed E-state index contributed by atoms with van der Waals surface area (Å²) in [6.07, 6.45) is 3.91. The van der Waals surface area contributed by atoms with Gasteiger partial charge in [-0.2, -0.15) is 11.8 Å². The first-order valence-corrected chi connectivity index (χ1v) is 8.67.